The number of ether oxygens (including phenoxy) is 1. The van der Waals surface area contributed by atoms with Crippen LogP contribution in [0.25, 0.3) is 22.6 Å². The van der Waals surface area contributed by atoms with Crippen molar-refractivity contribution in [2.45, 2.75) is 24.9 Å². The fraction of sp³-hybridized carbons (Fsp3) is 0.250. The van der Waals surface area contributed by atoms with E-state index in [9.17, 15) is 4.79 Å². The molecule has 2 aromatic heterocycles. The minimum absolute atomic E-state index is 0.138. The number of aryl methyl sites for hydroxylation is 1. The number of hydrogen-bond acceptors (Lipinski definition) is 7. The van der Waals surface area contributed by atoms with E-state index in [2.05, 4.69) is 51.7 Å². The molecule has 0 radical (unpaired) electrons. The number of aromatic nitrogens is 4. The van der Waals surface area contributed by atoms with Gasteiger partial charge in [-0.2, -0.15) is 0 Å². The van der Waals surface area contributed by atoms with Gasteiger partial charge in [-0.15, -0.1) is 21.5 Å². The van der Waals surface area contributed by atoms with E-state index in [0.29, 0.717) is 16.1 Å². The van der Waals surface area contributed by atoms with Crippen molar-refractivity contribution < 1.29 is 9.53 Å². The van der Waals surface area contributed by atoms with E-state index in [1.165, 1.54) is 28.7 Å². The van der Waals surface area contributed by atoms with Crippen molar-refractivity contribution in [3.8, 4) is 28.4 Å². The Labute approximate surface area is 201 Å². The highest BCUT2D eigenvalue weighted by Crippen LogP contribution is 2.30. The topological polar surface area (TPSA) is 81.9 Å². The van der Waals surface area contributed by atoms with Crippen LogP contribution in [0.5, 0.6) is 5.75 Å². The number of nitrogens with one attached hydrogen (secondary N) is 1. The highest BCUT2D eigenvalue weighted by Gasteiger charge is 2.16. The molecule has 0 saturated heterocycles. The van der Waals surface area contributed by atoms with Crippen molar-refractivity contribution in [2.75, 3.05) is 18.2 Å². The lowest BCUT2D eigenvalue weighted by Gasteiger charge is -2.08. The Morgan fingerprint density at radius 2 is 1.94 bits per heavy atom. The number of thiazole rings is 1. The number of carbonyl (C=O) groups excluding carboxylic acids is 1. The molecule has 7 nitrogen and oxygen atoms in total. The zero-order valence-electron chi connectivity index (χ0n) is 18.7. The maximum Gasteiger partial charge on any atom is 0.236 e. The van der Waals surface area contributed by atoms with Crippen LogP contribution in [0, 0.1) is 0 Å². The molecule has 4 rings (SSSR count). The summed E-state index contributed by atoms with van der Waals surface area (Å²) in [5.74, 6) is 1.48. The number of thioether (sulfide) groups is 1. The lowest BCUT2D eigenvalue weighted by molar-refractivity contribution is -0.113. The Bertz CT molecular complexity index is 1230. The Morgan fingerprint density at radius 3 is 2.70 bits per heavy atom. The zero-order valence-corrected chi connectivity index (χ0v) is 20.4. The maximum absolute atomic E-state index is 12.5. The third kappa shape index (κ3) is 5.43. The predicted molar refractivity (Wildman–Crippen MR) is 134 cm³/mol. The first-order valence-electron chi connectivity index (χ1n) is 10.6. The third-order valence-corrected chi connectivity index (χ3v) is 6.83. The number of rotatable bonds is 9. The van der Waals surface area contributed by atoms with Gasteiger partial charge in [-0.1, -0.05) is 61.5 Å². The molecule has 33 heavy (non-hydrogen) atoms. The summed E-state index contributed by atoms with van der Waals surface area (Å²) in [6.45, 7) is 2.17. The van der Waals surface area contributed by atoms with Crippen molar-refractivity contribution in [1.82, 2.24) is 19.7 Å². The van der Waals surface area contributed by atoms with E-state index in [-0.39, 0.29) is 11.7 Å². The van der Waals surface area contributed by atoms with Gasteiger partial charge in [-0.05, 0) is 24.1 Å². The van der Waals surface area contributed by atoms with Crippen LogP contribution in [0.1, 0.15) is 18.9 Å². The van der Waals surface area contributed by atoms with E-state index < -0.39 is 0 Å². The first-order chi connectivity index (χ1) is 16.1. The fourth-order valence-electron chi connectivity index (χ4n) is 3.38. The van der Waals surface area contributed by atoms with Gasteiger partial charge < -0.3 is 14.6 Å². The molecule has 0 bridgehead atoms. The fourth-order valence-corrected chi connectivity index (χ4v) is 4.83. The molecule has 0 unspecified atom stereocenters. The molecule has 1 amide bonds. The van der Waals surface area contributed by atoms with Crippen molar-refractivity contribution in [1.29, 1.82) is 0 Å². The minimum atomic E-state index is -0.138. The van der Waals surface area contributed by atoms with E-state index in [4.69, 9.17) is 4.74 Å². The smallest absolute Gasteiger partial charge is 0.236 e. The molecule has 0 saturated carbocycles. The Hall–Kier alpha value is -3.17. The summed E-state index contributed by atoms with van der Waals surface area (Å²) in [6.07, 6.45) is 2.20. The Morgan fingerprint density at radius 1 is 1.15 bits per heavy atom. The van der Waals surface area contributed by atoms with Gasteiger partial charge in [0.1, 0.15) is 5.75 Å². The second-order valence-corrected chi connectivity index (χ2v) is 9.19. The zero-order chi connectivity index (χ0) is 23.2. The lowest BCUT2D eigenvalue weighted by Crippen LogP contribution is -2.14. The van der Waals surface area contributed by atoms with Gasteiger partial charge in [-0.25, -0.2) is 4.98 Å². The first-order valence-corrected chi connectivity index (χ1v) is 12.5. The molecule has 0 aliphatic rings. The quantitative estimate of drug-likeness (QED) is 0.328. The maximum atomic E-state index is 12.5. The molecule has 2 aromatic carbocycles. The van der Waals surface area contributed by atoms with Crippen LogP contribution >= 0.6 is 23.1 Å². The second kappa shape index (κ2) is 10.6. The molecule has 1 N–H and O–H groups in total. The number of nitrogens with zero attached hydrogens (tertiary/aromatic N) is 4. The highest BCUT2D eigenvalue weighted by molar-refractivity contribution is 7.99. The van der Waals surface area contributed by atoms with E-state index >= 15 is 0 Å². The molecule has 4 aromatic rings. The number of anilines is 1. The molecule has 170 valence electrons. The number of benzene rings is 2. The van der Waals surface area contributed by atoms with Crippen LogP contribution in [0.2, 0.25) is 0 Å². The summed E-state index contributed by atoms with van der Waals surface area (Å²) >= 11 is 2.74. The summed E-state index contributed by atoms with van der Waals surface area (Å²) in [4.78, 5) is 17.1. The molecule has 0 aliphatic carbocycles. The van der Waals surface area contributed by atoms with Crippen LogP contribution < -0.4 is 10.1 Å². The van der Waals surface area contributed by atoms with Gasteiger partial charge in [-0.3, -0.25) is 4.79 Å². The average molecular weight is 480 g/mol. The number of carbonyl (C=O) groups is 1. The summed E-state index contributed by atoms with van der Waals surface area (Å²) in [5.41, 5.74) is 4.08. The summed E-state index contributed by atoms with van der Waals surface area (Å²) < 4.78 is 7.28. The van der Waals surface area contributed by atoms with Crippen LogP contribution in [0.15, 0.2) is 59.1 Å². The standard InChI is InChI=1S/C24H25N5O2S2/c1-4-7-16-10-12-17(13-11-16)19-14-32-23(25-19)26-21(30)15-33-24-28-27-22(29(24)2)18-8-5-6-9-20(18)31-3/h5-6,8-14H,4,7,15H2,1-3H3,(H,25,26,30). The first kappa shape index (κ1) is 23.0. The molecular formula is C24H25N5O2S2. The monoisotopic (exact) mass is 479 g/mol. The predicted octanol–water partition coefficient (Wildman–Crippen LogP) is 5.30. The van der Waals surface area contributed by atoms with Gasteiger partial charge in [0.05, 0.1) is 24.1 Å². The molecule has 9 heteroatoms. The normalized spacial score (nSPS) is 10.9. The van der Waals surface area contributed by atoms with Crippen LogP contribution in [0.3, 0.4) is 0 Å². The van der Waals surface area contributed by atoms with Crippen LogP contribution in [0.4, 0.5) is 5.13 Å². The number of para-hydroxylation sites is 1. The van der Waals surface area contributed by atoms with Gasteiger partial charge in [0.15, 0.2) is 16.1 Å². The van der Waals surface area contributed by atoms with Crippen molar-refractivity contribution in [3.05, 3.63) is 59.5 Å². The summed E-state index contributed by atoms with van der Waals surface area (Å²) in [6, 6.07) is 16.1. The van der Waals surface area contributed by atoms with Gasteiger partial charge in [0.25, 0.3) is 0 Å². The highest BCUT2D eigenvalue weighted by atomic mass is 32.2. The molecule has 0 fully saturated rings. The van der Waals surface area contributed by atoms with Gasteiger partial charge >= 0.3 is 0 Å². The Balaban J connectivity index is 1.36. The average Bonchev–Trinajstić information content (AvgIpc) is 3.45. The van der Waals surface area contributed by atoms with E-state index in [1.54, 1.807) is 7.11 Å². The number of methoxy groups -OCH3 is 1. The van der Waals surface area contributed by atoms with Crippen molar-refractivity contribution >= 4 is 34.1 Å². The van der Waals surface area contributed by atoms with Gasteiger partial charge in [0, 0.05) is 18.0 Å². The van der Waals surface area contributed by atoms with E-state index in [0.717, 1.165) is 35.4 Å². The molecule has 2 heterocycles. The van der Waals surface area contributed by atoms with Crippen LogP contribution in [-0.4, -0.2) is 38.5 Å². The molecule has 0 spiro atoms. The van der Waals surface area contributed by atoms with E-state index in [1.807, 2.05) is 41.3 Å². The van der Waals surface area contributed by atoms with Gasteiger partial charge in [0.2, 0.25) is 5.91 Å². The number of hydrogen-bond donors (Lipinski definition) is 1. The molecule has 0 atom stereocenters. The largest absolute Gasteiger partial charge is 0.496 e. The number of amides is 1. The second-order valence-electron chi connectivity index (χ2n) is 7.39. The summed E-state index contributed by atoms with van der Waals surface area (Å²) in [5, 5.41) is 14.6. The van der Waals surface area contributed by atoms with Crippen molar-refractivity contribution in [3.63, 3.8) is 0 Å². The Kier molecular flexibility index (Phi) is 7.41. The summed E-state index contributed by atoms with van der Waals surface area (Å²) in [7, 11) is 3.50. The molecular weight excluding hydrogens is 454 g/mol. The third-order valence-electron chi connectivity index (χ3n) is 5.05. The van der Waals surface area contributed by atoms with Crippen molar-refractivity contribution in [2.24, 2.45) is 7.05 Å². The SMILES string of the molecule is CCCc1ccc(-c2csc(NC(=O)CSc3nnc(-c4ccccc4OC)n3C)n2)cc1. The van der Waals surface area contributed by atoms with Crippen LogP contribution in [-0.2, 0) is 18.3 Å². The lowest BCUT2D eigenvalue weighted by atomic mass is 10.1. The minimum Gasteiger partial charge on any atom is -0.496 e. The molecule has 0 aliphatic heterocycles.